The lowest BCUT2D eigenvalue weighted by Crippen LogP contribution is -2.19. The summed E-state index contributed by atoms with van der Waals surface area (Å²) in [6, 6.07) is 3.50. The summed E-state index contributed by atoms with van der Waals surface area (Å²) >= 11 is 6.27. The molecule has 0 amide bonds. The topological polar surface area (TPSA) is 47.9 Å². The normalized spacial score (nSPS) is 27.1. The molecule has 3 atom stereocenters. The number of aliphatic hydroxyl groups excluding tert-OH is 1. The third kappa shape index (κ3) is 2.73. The molecular formula is C15H19ClO4. The van der Waals surface area contributed by atoms with Gasteiger partial charge in [0.2, 0.25) is 0 Å². The van der Waals surface area contributed by atoms with Crippen LogP contribution in [-0.2, 0) is 4.74 Å². The number of rotatable bonds is 2. The minimum atomic E-state index is -0.732. The van der Waals surface area contributed by atoms with Gasteiger partial charge in [0.1, 0.15) is 6.10 Å². The molecule has 0 aliphatic carbocycles. The van der Waals surface area contributed by atoms with Crippen molar-refractivity contribution in [3.63, 3.8) is 0 Å². The summed E-state index contributed by atoms with van der Waals surface area (Å²) in [6.45, 7) is 3.25. The molecule has 5 heteroatoms. The molecular weight excluding hydrogens is 280 g/mol. The zero-order valence-electron chi connectivity index (χ0n) is 11.5. The summed E-state index contributed by atoms with van der Waals surface area (Å²) in [5.74, 6) is 1.29. The third-order valence-corrected chi connectivity index (χ3v) is 4.13. The van der Waals surface area contributed by atoms with Crippen LogP contribution in [0.3, 0.4) is 0 Å². The zero-order valence-corrected chi connectivity index (χ0v) is 12.2. The monoisotopic (exact) mass is 298 g/mol. The van der Waals surface area contributed by atoms with Gasteiger partial charge in [-0.1, -0.05) is 11.6 Å². The molecule has 0 spiro atoms. The van der Waals surface area contributed by atoms with Crippen molar-refractivity contribution in [3.8, 4) is 11.5 Å². The van der Waals surface area contributed by atoms with Gasteiger partial charge in [0.05, 0.1) is 30.4 Å². The second-order valence-electron chi connectivity index (χ2n) is 5.38. The van der Waals surface area contributed by atoms with Gasteiger partial charge in [-0.25, -0.2) is 0 Å². The van der Waals surface area contributed by atoms with Gasteiger partial charge in [-0.2, -0.15) is 0 Å². The predicted octanol–water partition coefficient (Wildman–Crippen LogP) is 3.10. The molecule has 1 saturated heterocycles. The predicted molar refractivity (Wildman–Crippen MR) is 75.6 cm³/mol. The van der Waals surface area contributed by atoms with E-state index < -0.39 is 6.10 Å². The highest BCUT2D eigenvalue weighted by Gasteiger charge is 2.31. The van der Waals surface area contributed by atoms with Gasteiger partial charge >= 0.3 is 0 Å². The van der Waals surface area contributed by atoms with E-state index in [0.29, 0.717) is 35.3 Å². The average Bonchev–Trinajstić information content (AvgIpc) is 2.73. The van der Waals surface area contributed by atoms with Gasteiger partial charge in [0, 0.05) is 18.1 Å². The van der Waals surface area contributed by atoms with Gasteiger partial charge in [0.15, 0.2) is 11.5 Å². The van der Waals surface area contributed by atoms with E-state index in [4.69, 9.17) is 25.8 Å². The first-order valence-corrected chi connectivity index (χ1v) is 7.45. The van der Waals surface area contributed by atoms with E-state index in [-0.39, 0.29) is 12.2 Å². The Labute approximate surface area is 123 Å². The van der Waals surface area contributed by atoms with Gasteiger partial charge in [0.25, 0.3) is 0 Å². The van der Waals surface area contributed by atoms with E-state index >= 15 is 0 Å². The smallest absolute Gasteiger partial charge is 0.162 e. The summed E-state index contributed by atoms with van der Waals surface area (Å²) in [7, 11) is 0. The fraction of sp³-hybridized carbons (Fsp3) is 0.600. The van der Waals surface area contributed by atoms with Crippen molar-refractivity contribution in [2.24, 2.45) is 0 Å². The Hall–Kier alpha value is -0.970. The number of ether oxygens (including phenoxy) is 3. The molecule has 0 radical (unpaired) electrons. The van der Waals surface area contributed by atoms with Crippen molar-refractivity contribution >= 4 is 11.6 Å². The number of halogens is 1. The van der Waals surface area contributed by atoms with Crippen LogP contribution in [0.5, 0.6) is 11.5 Å². The van der Waals surface area contributed by atoms with Crippen LogP contribution >= 0.6 is 11.6 Å². The van der Waals surface area contributed by atoms with E-state index in [1.165, 1.54) is 0 Å². The van der Waals surface area contributed by atoms with Crippen molar-refractivity contribution in [1.29, 1.82) is 0 Å². The third-order valence-electron chi connectivity index (χ3n) is 3.80. The Kier molecular flexibility index (Phi) is 4.06. The van der Waals surface area contributed by atoms with Crippen LogP contribution in [0.4, 0.5) is 0 Å². The molecule has 0 aromatic heterocycles. The summed E-state index contributed by atoms with van der Waals surface area (Å²) in [6.07, 6.45) is 1.90. The molecule has 2 aliphatic rings. The van der Waals surface area contributed by atoms with Gasteiger partial charge in [-0.15, -0.1) is 0 Å². The second kappa shape index (κ2) is 5.80. The molecule has 1 fully saturated rings. The summed E-state index contributed by atoms with van der Waals surface area (Å²) in [4.78, 5) is 0. The van der Waals surface area contributed by atoms with Crippen LogP contribution in [0.25, 0.3) is 0 Å². The summed E-state index contributed by atoms with van der Waals surface area (Å²) < 4.78 is 16.9. The largest absolute Gasteiger partial charge is 0.490 e. The minimum absolute atomic E-state index is 0.189. The lowest BCUT2D eigenvalue weighted by atomic mass is 10.0. The minimum Gasteiger partial charge on any atom is -0.490 e. The fourth-order valence-electron chi connectivity index (χ4n) is 2.69. The van der Waals surface area contributed by atoms with E-state index in [1.807, 2.05) is 6.92 Å². The fourth-order valence-corrected chi connectivity index (χ4v) is 2.96. The number of hydrogen-bond acceptors (Lipinski definition) is 4. The number of benzene rings is 1. The molecule has 1 N–H and O–H groups in total. The van der Waals surface area contributed by atoms with Gasteiger partial charge in [-0.05, 0) is 25.8 Å². The van der Waals surface area contributed by atoms with Crippen molar-refractivity contribution in [2.75, 3.05) is 13.2 Å². The average molecular weight is 299 g/mol. The number of aliphatic hydroxyl groups is 1. The highest BCUT2D eigenvalue weighted by molar-refractivity contribution is 6.31. The van der Waals surface area contributed by atoms with Crippen LogP contribution in [0.1, 0.15) is 37.9 Å². The molecule has 2 aliphatic heterocycles. The molecule has 110 valence electrons. The van der Waals surface area contributed by atoms with Crippen molar-refractivity contribution in [2.45, 2.75) is 44.5 Å². The lowest BCUT2D eigenvalue weighted by molar-refractivity contribution is -0.0297. The molecule has 2 heterocycles. The van der Waals surface area contributed by atoms with E-state index in [0.717, 1.165) is 19.3 Å². The summed E-state index contributed by atoms with van der Waals surface area (Å²) in [5, 5.41) is 11.0. The molecule has 3 unspecified atom stereocenters. The SMILES string of the molecule is CC1CCC(C(O)c2cc3c(cc2Cl)OCCCO3)O1. The van der Waals surface area contributed by atoms with Crippen LogP contribution in [0.15, 0.2) is 12.1 Å². The maximum Gasteiger partial charge on any atom is 0.162 e. The Bertz CT molecular complexity index is 491. The van der Waals surface area contributed by atoms with Gasteiger partial charge < -0.3 is 19.3 Å². The maximum absolute atomic E-state index is 10.5. The standard InChI is InChI=1S/C15H19ClO4/c1-9-3-4-12(20-9)15(17)10-7-13-14(8-11(10)16)19-6-2-5-18-13/h7-9,12,15,17H,2-6H2,1H3. The lowest BCUT2D eigenvalue weighted by Gasteiger charge is -2.21. The second-order valence-corrected chi connectivity index (χ2v) is 5.79. The van der Waals surface area contributed by atoms with Crippen LogP contribution in [0.2, 0.25) is 5.02 Å². The molecule has 4 nitrogen and oxygen atoms in total. The number of hydrogen-bond donors (Lipinski definition) is 1. The van der Waals surface area contributed by atoms with Crippen LogP contribution in [0, 0.1) is 0 Å². The Morgan fingerprint density at radius 2 is 1.90 bits per heavy atom. The first-order valence-electron chi connectivity index (χ1n) is 7.07. The molecule has 1 aromatic carbocycles. The maximum atomic E-state index is 10.5. The van der Waals surface area contributed by atoms with Crippen molar-refractivity contribution in [1.82, 2.24) is 0 Å². The molecule has 3 rings (SSSR count). The van der Waals surface area contributed by atoms with Crippen LogP contribution in [-0.4, -0.2) is 30.5 Å². The van der Waals surface area contributed by atoms with E-state index in [1.54, 1.807) is 12.1 Å². The Balaban J connectivity index is 1.87. The van der Waals surface area contributed by atoms with Crippen molar-refractivity contribution in [3.05, 3.63) is 22.7 Å². The quantitative estimate of drug-likeness (QED) is 0.911. The van der Waals surface area contributed by atoms with E-state index in [2.05, 4.69) is 0 Å². The zero-order chi connectivity index (χ0) is 14.1. The van der Waals surface area contributed by atoms with Crippen LogP contribution < -0.4 is 9.47 Å². The van der Waals surface area contributed by atoms with Crippen molar-refractivity contribution < 1.29 is 19.3 Å². The Morgan fingerprint density at radius 1 is 1.20 bits per heavy atom. The van der Waals surface area contributed by atoms with Gasteiger partial charge in [-0.3, -0.25) is 0 Å². The summed E-state index contributed by atoms with van der Waals surface area (Å²) in [5.41, 5.74) is 0.648. The highest BCUT2D eigenvalue weighted by atomic mass is 35.5. The Morgan fingerprint density at radius 3 is 2.55 bits per heavy atom. The highest BCUT2D eigenvalue weighted by Crippen LogP contribution is 2.40. The number of fused-ring (bicyclic) bond motifs is 1. The first kappa shape index (κ1) is 14.0. The van der Waals surface area contributed by atoms with E-state index in [9.17, 15) is 5.11 Å². The first-order chi connectivity index (χ1) is 9.65. The molecule has 20 heavy (non-hydrogen) atoms. The molecule has 1 aromatic rings. The molecule has 0 bridgehead atoms. The molecule has 0 saturated carbocycles.